The maximum Gasteiger partial charge on any atom is 0.430 e. The van der Waals surface area contributed by atoms with E-state index in [1.54, 1.807) is 23.5 Å². The molecule has 1 aliphatic rings. The van der Waals surface area contributed by atoms with E-state index in [9.17, 15) is 10.1 Å². The quantitative estimate of drug-likeness (QED) is 0.485. The van der Waals surface area contributed by atoms with Crippen molar-refractivity contribution >= 4 is 17.0 Å². The molecule has 0 saturated carbocycles. The molecule has 1 fully saturated rings. The first-order chi connectivity index (χ1) is 9.74. The molecule has 0 atom stereocenters. The van der Waals surface area contributed by atoms with E-state index in [2.05, 4.69) is 4.58 Å². The second kappa shape index (κ2) is 5.58. The van der Waals surface area contributed by atoms with Crippen LogP contribution in [-0.2, 0) is 0 Å². The summed E-state index contributed by atoms with van der Waals surface area (Å²) in [6, 6.07) is 6.46. The Balaban J connectivity index is 1.91. The van der Waals surface area contributed by atoms with Gasteiger partial charge >= 0.3 is 4.87 Å². The van der Waals surface area contributed by atoms with Crippen molar-refractivity contribution in [2.75, 3.05) is 13.1 Å². The number of nitrogens with zero attached hydrogens (tertiary/aromatic N) is 2. The molecule has 0 spiro atoms. The van der Waals surface area contributed by atoms with Gasteiger partial charge in [0, 0.05) is 35.9 Å². The minimum atomic E-state index is -0.395. The Hall–Kier alpha value is -1.95. The molecule has 0 aliphatic carbocycles. The summed E-state index contributed by atoms with van der Waals surface area (Å²) in [5.74, 6) is 0.769. The molecule has 20 heavy (non-hydrogen) atoms. The Labute approximate surface area is 120 Å². The van der Waals surface area contributed by atoms with Crippen molar-refractivity contribution in [3.05, 3.63) is 44.6 Å². The molecule has 0 unspecified atom stereocenters. The third-order valence-corrected chi connectivity index (χ3v) is 4.32. The zero-order chi connectivity index (χ0) is 13.9. The molecule has 0 radical (unpaired) electrons. The number of nitro groups is 1. The molecule has 1 saturated heterocycles. The van der Waals surface area contributed by atoms with E-state index < -0.39 is 4.92 Å². The smallest absolute Gasteiger partial charge is 0.396 e. The topological polar surface area (TPSA) is 59.3 Å². The average molecular weight is 291 g/mol. The highest BCUT2D eigenvalue weighted by molar-refractivity contribution is 7.07. The number of nitro benzene ring substituents is 1. The number of hydrogen-bond donors (Lipinski definition) is 0. The number of piperidine rings is 1. The highest BCUT2D eigenvalue weighted by Crippen LogP contribution is 2.22. The Kier molecular flexibility index (Phi) is 3.64. The van der Waals surface area contributed by atoms with Gasteiger partial charge in [-0.25, -0.2) is 0 Å². The van der Waals surface area contributed by atoms with Gasteiger partial charge in [-0.2, -0.15) is 4.58 Å². The molecule has 1 aromatic carbocycles. The van der Waals surface area contributed by atoms with Gasteiger partial charge in [-0.3, -0.25) is 10.1 Å². The zero-order valence-electron chi connectivity index (χ0n) is 10.9. The van der Waals surface area contributed by atoms with Crippen molar-refractivity contribution in [3.63, 3.8) is 0 Å². The van der Waals surface area contributed by atoms with Gasteiger partial charge < -0.3 is 4.42 Å². The van der Waals surface area contributed by atoms with Crippen LogP contribution in [0, 0.1) is 10.1 Å². The summed E-state index contributed by atoms with van der Waals surface area (Å²) in [6.45, 7) is 2.09. The van der Waals surface area contributed by atoms with Crippen molar-refractivity contribution in [2.45, 2.75) is 19.3 Å². The van der Waals surface area contributed by atoms with Gasteiger partial charge in [-0.05, 0) is 29.9 Å². The lowest BCUT2D eigenvalue weighted by molar-refractivity contribution is -0.384. The zero-order valence-corrected chi connectivity index (χ0v) is 11.8. The largest absolute Gasteiger partial charge is 0.430 e. The Morgan fingerprint density at radius 2 is 1.85 bits per heavy atom. The molecule has 2 aromatic rings. The number of non-ortho nitro benzene ring substituents is 1. The third kappa shape index (κ3) is 2.65. The highest BCUT2D eigenvalue weighted by atomic mass is 32.1. The van der Waals surface area contributed by atoms with E-state index in [1.807, 2.05) is 5.38 Å². The standard InChI is InChI=1S/C14H15N2O3S/c17-16(18)12-6-4-11(5-7-12)13-10-20-14(19-13)15-8-2-1-3-9-15/h4-7,10H,1-3,8-9H2/q+1. The minimum absolute atomic E-state index is 0.0974. The average Bonchev–Trinajstić information content (AvgIpc) is 2.98. The van der Waals surface area contributed by atoms with Gasteiger partial charge in [-0.1, -0.05) is 0 Å². The highest BCUT2D eigenvalue weighted by Gasteiger charge is 2.15. The predicted octanol–water partition coefficient (Wildman–Crippen LogP) is 2.87. The second-order valence-electron chi connectivity index (χ2n) is 4.82. The van der Waals surface area contributed by atoms with Gasteiger partial charge in [0.15, 0.2) is 5.76 Å². The molecule has 0 bridgehead atoms. The minimum Gasteiger partial charge on any atom is -0.396 e. The van der Waals surface area contributed by atoms with Crippen LogP contribution in [0.2, 0.25) is 0 Å². The maximum atomic E-state index is 10.6. The van der Waals surface area contributed by atoms with Crippen LogP contribution < -0.4 is 9.44 Å². The summed E-state index contributed by atoms with van der Waals surface area (Å²) in [5.41, 5.74) is 0.968. The molecule has 0 N–H and O–H groups in total. The van der Waals surface area contributed by atoms with Crippen LogP contribution in [0.1, 0.15) is 19.3 Å². The van der Waals surface area contributed by atoms with E-state index in [-0.39, 0.29) is 5.69 Å². The first-order valence-corrected chi connectivity index (χ1v) is 7.53. The number of hydrogen-bond acceptors (Lipinski definition) is 4. The van der Waals surface area contributed by atoms with Crippen LogP contribution in [0.3, 0.4) is 0 Å². The molecule has 5 nitrogen and oxygen atoms in total. The van der Waals surface area contributed by atoms with Crippen LogP contribution in [0.15, 0.2) is 34.1 Å². The van der Waals surface area contributed by atoms with Crippen molar-refractivity contribution in [3.8, 4) is 11.3 Å². The summed E-state index contributed by atoms with van der Waals surface area (Å²) in [6.07, 6.45) is 3.71. The molecule has 0 amide bonds. The van der Waals surface area contributed by atoms with Gasteiger partial charge in [0.1, 0.15) is 13.1 Å². The predicted molar refractivity (Wildman–Crippen MR) is 77.5 cm³/mol. The molecular weight excluding hydrogens is 276 g/mol. The fraction of sp³-hybridized carbons (Fsp3) is 0.357. The van der Waals surface area contributed by atoms with Crippen molar-refractivity contribution in [2.24, 2.45) is 0 Å². The summed E-state index contributed by atoms with van der Waals surface area (Å²) >= 11 is 1.59. The second-order valence-corrected chi connectivity index (χ2v) is 5.64. The third-order valence-electron chi connectivity index (χ3n) is 3.44. The first-order valence-electron chi connectivity index (χ1n) is 6.65. The Morgan fingerprint density at radius 3 is 2.50 bits per heavy atom. The lowest BCUT2D eigenvalue weighted by atomic mass is 10.2. The first kappa shape index (κ1) is 13.1. The van der Waals surface area contributed by atoms with Crippen LogP contribution in [0.5, 0.6) is 0 Å². The summed E-state index contributed by atoms with van der Waals surface area (Å²) in [7, 11) is 0. The fourth-order valence-electron chi connectivity index (χ4n) is 2.34. The van der Waals surface area contributed by atoms with Gasteiger partial charge in [0.2, 0.25) is 0 Å². The van der Waals surface area contributed by atoms with Crippen molar-refractivity contribution in [1.82, 2.24) is 4.58 Å². The van der Waals surface area contributed by atoms with Gasteiger partial charge in [-0.15, -0.1) is 0 Å². The van der Waals surface area contributed by atoms with Crippen molar-refractivity contribution < 1.29 is 9.34 Å². The number of rotatable bonds is 2. The van der Waals surface area contributed by atoms with E-state index in [0.29, 0.717) is 0 Å². The van der Waals surface area contributed by atoms with Crippen LogP contribution >= 0.6 is 11.3 Å². The monoisotopic (exact) mass is 291 g/mol. The lowest BCUT2D eigenvalue weighted by Crippen LogP contribution is -2.32. The van der Waals surface area contributed by atoms with E-state index >= 15 is 0 Å². The van der Waals surface area contributed by atoms with E-state index in [4.69, 9.17) is 4.42 Å². The van der Waals surface area contributed by atoms with Crippen molar-refractivity contribution in [1.29, 1.82) is 0 Å². The molecule has 6 heteroatoms. The molecule has 2 heterocycles. The van der Waals surface area contributed by atoms with Crippen LogP contribution in [0.4, 0.5) is 5.69 Å². The summed E-state index contributed by atoms with van der Waals surface area (Å²) in [5, 5.41) is 12.6. The Morgan fingerprint density at radius 1 is 1.15 bits per heavy atom. The van der Waals surface area contributed by atoms with Gasteiger partial charge in [0.25, 0.3) is 5.69 Å². The Bertz CT molecular complexity index is 677. The molecule has 3 rings (SSSR count). The summed E-state index contributed by atoms with van der Waals surface area (Å²) in [4.78, 5) is 11.2. The fourth-order valence-corrected chi connectivity index (χ4v) is 3.20. The molecule has 1 aromatic heterocycles. The van der Waals surface area contributed by atoms with Crippen LogP contribution in [-0.4, -0.2) is 18.0 Å². The van der Waals surface area contributed by atoms with Crippen LogP contribution in [0.25, 0.3) is 11.3 Å². The maximum absolute atomic E-state index is 10.6. The van der Waals surface area contributed by atoms with E-state index in [0.717, 1.165) is 29.3 Å². The molecule has 104 valence electrons. The van der Waals surface area contributed by atoms with Gasteiger partial charge in [0.05, 0.1) is 4.92 Å². The molecule has 1 aliphatic heterocycles. The van der Waals surface area contributed by atoms with E-state index in [1.165, 1.54) is 31.4 Å². The number of benzene rings is 1. The summed E-state index contributed by atoms with van der Waals surface area (Å²) < 4.78 is 8.15. The molecular formula is C14H15N2O3S+. The normalized spacial score (nSPS) is 15.3. The lowest BCUT2D eigenvalue weighted by Gasteiger charge is -2.06. The SMILES string of the molecule is O=[N+]([O-])c1ccc(-c2csc(=[N+]3CCCCC3)o2)cc1.